The average molecular weight is 346 g/mol. The molecule has 1 saturated heterocycles. The topological polar surface area (TPSA) is 69.7 Å². The first-order valence-corrected chi connectivity index (χ1v) is 9.17. The van der Waals surface area contributed by atoms with E-state index in [2.05, 4.69) is 0 Å². The number of hydrogen-bond donors (Lipinski definition) is 0. The molecular weight excluding hydrogens is 320 g/mol. The van der Waals surface area contributed by atoms with Crippen molar-refractivity contribution in [3.63, 3.8) is 0 Å². The molecule has 0 spiro atoms. The number of allylic oxidation sites excluding steroid dienone is 1. The van der Waals surface area contributed by atoms with Crippen LogP contribution in [0.1, 0.15) is 53.4 Å². The number of unbranched alkanes of at least 4 members (excludes halogenated alkanes) is 1. The summed E-state index contributed by atoms with van der Waals surface area (Å²) < 4.78 is 11.5. The van der Waals surface area contributed by atoms with Gasteiger partial charge in [-0.15, -0.1) is 0 Å². The minimum Gasteiger partial charge on any atom is -0.462 e. The van der Waals surface area contributed by atoms with Crippen LogP contribution in [0.25, 0.3) is 0 Å². The Kier molecular flexibility index (Phi) is 4.85. The molecule has 1 heterocycles. The van der Waals surface area contributed by atoms with Crippen LogP contribution >= 0.6 is 0 Å². The van der Waals surface area contributed by atoms with Crippen molar-refractivity contribution in [3.05, 3.63) is 22.8 Å². The van der Waals surface area contributed by atoms with Gasteiger partial charge in [0, 0.05) is 30.3 Å². The molecule has 5 nitrogen and oxygen atoms in total. The highest BCUT2D eigenvalue weighted by atomic mass is 16.6. The number of ether oxygens (including phenoxy) is 2. The highest BCUT2D eigenvalue weighted by molar-refractivity contribution is 6.09. The molecule has 0 amide bonds. The van der Waals surface area contributed by atoms with Gasteiger partial charge in [0.1, 0.15) is 12.2 Å². The minimum absolute atomic E-state index is 0.00712. The molecule has 0 aromatic rings. The molecule has 0 aromatic heterocycles. The first-order valence-electron chi connectivity index (χ1n) is 9.17. The van der Waals surface area contributed by atoms with Crippen molar-refractivity contribution in [2.45, 2.75) is 65.6 Å². The number of fused-ring (bicyclic) bond motifs is 3. The molecule has 0 N–H and O–H groups in total. The molecule has 0 bridgehead atoms. The first-order chi connectivity index (χ1) is 11.8. The predicted octanol–water partition coefficient (Wildman–Crippen LogP) is 3.13. The Morgan fingerprint density at radius 2 is 2.04 bits per heavy atom. The van der Waals surface area contributed by atoms with E-state index in [-0.39, 0.29) is 35.5 Å². The van der Waals surface area contributed by atoms with Gasteiger partial charge in [-0.05, 0) is 26.3 Å². The zero-order valence-corrected chi connectivity index (χ0v) is 15.3. The number of carbonyl (C=O) groups is 3. The van der Waals surface area contributed by atoms with E-state index in [1.165, 1.54) is 0 Å². The average Bonchev–Trinajstić information content (AvgIpc) is 2.95. The molecule has 0 unspecified atom stereocenters. The number of ketones is 1. The summed E-state index contributed by atoms with van der Waals surface area (Å²) in [4.78, 5) is 36.9. The molecule has 0 radical (unpaired) electrons. The molecular formula is C20H26O5. The smallest absolute Gasteiger partial charge is 0.309 e. The van der Waals surface area contributed by atoms with Crippen molar-refractivity contribution in [1.82, 2.24) is 0 Å². The van der Waals surface area contributed by atoms with Crippen molar-refractivity contribution in [2.75, 3.05) is 0 Å². The number of rotatable bonds is 4. The van der Waals surface area contributed by atoms with E-state index < -0.39 is 12.2 Å². The van der Waals surface area contributed by atoms with Crippen LogP contribution in [0, 0.1) is 17.8 Å². The zero-order valence-electron chi connectivity index (χ0n) is 15.3. The van der Waals surface area contributed by atoms with Crippen LogP contribution < -0.4 is 0 Å². The number of esters is 2. The Morgan fingerprint density at radius 1 is 1.32 bits per heavy atom. The second kappa shape index (κ2) is 6.77. The molecule has 0 saturated carbocycles. The van der Waals surface area contributed by atoms with Gasteiger partial charge in [-0.3, -0.25) is 14.4 Å². The van der Waals surface area contributed by atoms with Gasteiger partial charge < -0.3 is 9.47 Å². The maximum Gasteiger partial charge on any atom is 0.309 e. The lowest BCUT2D eigenvalue weighted by Crippen LogP contribution is -2.37. The SMILES string of the molecule is CCCCC(=O)O[C@@H]1CC(C)=C2C(=O)C=C(C)[C@@H]2[C@H]2OC(=O)[C@H](C)[C@H]21. The fourth-order valence-electron chi connectivity index (χ4n) is 4.46. The van der Waals surface area contributed by atoms with Crippen molar-refractivity contribution in [1.29, 1.82) is 0 Å². The standard InChI is InChI=1S/C20H26O5/c1-5-6-7-15(22)24-14-9-11(3)16-13(21)8-10(2)17(16)19-18(14)12(4)20(23)25-19/h8,12,14,17-19H,5-7,9H2,1-4H3/t12-,14-,17+,18+,19-/m1/s1. The van der Waals surface area contributed by atoms with E-state index in [9.17, 15) is 14.4 Å². The van der Waals surface area contributed by atoms with Crippen molar-refractivity contribution >= 4 is 17.7 Å². The quantitative estimate of drug-likeness (QED) is 0.732. The summed E-state index contributed by atoms with van der Waals surface area (Å²) >= 11 is 0. The summed E-state index contributed by atoms with van der Waals surface area (Å²) in [5, 5.41) is 0. The molecule has 25 heavy (non-hydrogen) atoms. The largest absolute Gasteiger partial charge is 0.462 e. The fraction of sp³-hybridized carbons (Fsp3) is 0.650. The van der Waals surface area contributed by atoms with Crippen molar-refractivity contribution < 1.29 is 23.9 Å². The van der Waals surface area contributed by atoms with Gasteiger partial charge in [0.2, 0.25) is 0 Å². The van der Waals surface area contributed by atoms with E-state index in [0.717, 1.165) is 29.6 Å². The lowest BCUT2D eigenvalue weighted by Gasteiger charge is -2.29. The normalized spacial score (nSPS) is 34.2. The fourth-order valence-corrected chi connectivity index (χ4v) is 4.46. The third kappa shape index (κ3) is 3.05. The number of carbonyl (C=O) groups excluding carboxylic acids is 3. The minimum atomic E-state index is -0.429. The summed E-state index contributed by atoms with van der Waals surface area (Å²) in [6.45, 7) is 7.68. The molecule has 3 aliphatic rings. The third-order valence-electron chi connectivity index (χ3n) is 5.75. The maximum absolute atomic E-state index is 12.4. The van der Waals surface area contributed by atoms with Crippen LogP contribution in [-0.4, -0.2) is 29.9 Å². The van der Waals surface area contributed by atoms with Crippen LogP contribution in [0.15, 0.2) is 22.8 Å². The van der Waals surface area contributed by atoms with E-state index in [1.54, 1.807) is 6.08 Å². The summed E-state index contributed by atoms with van der Waals surface area (Å²) in [6.07, 6.45) is 3.37. The van der Waals surface area contributed by atoms with Crippen molar-refractivity contribution in [3.8, 4) is 0 Å². The Labute approximate surface area is 148 Å². The van der Waals surface area contributed by atoms with E-state index in [4.69, 9.17) is 9.47 Å². The van der Waals surface area contributed by atoms with E-state index in [1.807, 2.05) is 27.7 Å². The zero-order chi connectivity index (χ0) is 18.3. The predicted molar refractivity (Wildman–Crippen MR) is 91.5 cm³/mol. The Bertz CT molecular complexity index is 672. The van der Waals surface area contributed by atoms with Gasteiger partial charge in [-0.2, -0.15) is 0 Å². The lowest BCUT2D eigenvalue weighted by molar-refractivity contribution is -0.153. The molecule has 2 aliphatic carbocycles. The maximum atomic E-state index is 12.4. The van der Waals surface area contributed by atoms with Crippen LogP contribution in [0.4, 0.5) is 0 Å². The summed E-state index contributed by atoms with van der Waals surface area (Å²) in [5.41, 5.74) is 2.59. The summed E-state index contributed by atoms with van der Waals surface area (Å²) in [7, 11) is 0. The second-order valence-corrected chi connectivity index (χ2v) is 7.53. The Balaban J connectivity index is 1.94. The molecule has 0 aromatic carbocycles. The third-order valence-corrected chi connectivity index (χ3v) is 5.75. The van der Waals surface area contributed by atoms with Gasteiger partial charge in [0.25, 0.3) is 0 Å². The van der Waals surface area contributed by atoms with Gasteiger partial charge in [0.05, 0.1) is 5.92 Å². The Hall–Kier alpha value is -1.91. The molecule has 5 heteroatoms. The summed E-state index contributed by atoms with van der Waals surface area (Å²) in [5.74, 6) is -1.27. The van der Waals surface area contributed by atoms with Crippen LogP contribution in [0.3, 0.4) is 0 Å². The summed E-state index contributed by atoms with van der Waals surface area (Å²) in [6, 6.07) is 0. The van der Waals surface area contributed by atoms with Gasteiger partial charge >= 0.3 is 11.9 Å². The van der Waals surface area contributed by atoms with E-state index >= 15 is 0 Å². The molecule has 136 valence electrons. The molecule has 1 aliphatic heterocycles. The van der Waals surface area contributed by atoms with Crippen LogP contribution in [0.2, 0.25) is 0 Å². The monoisotopic (exact) mass is 346 g/mol. The van der Waals surface area contributed by atoms with Gasteiger partial charge in [0.15, 0.2) is 5.78 Å². The molecule has 3 rings (SSSR count). The lowest BCUT2D eigenvalue weighted by atomic mass is 9.79. The van der Waals surface area contributed by atoms with Gasteiger partial charge in [-0.25, -0.2) is 0 Å². The van der Waals surface area contributed by atoms with Crippen molar-refractivity contribution in [2.24, 2.45) is 17.8 Å². The number of hydrogen-bond acceptors (Lipinski definition) is 5. The molecule has 1 fully saturated rings. The molecule has 5 atom stereocenters. The van der Waals surface area contributed by atoms with Gasteiger partial charge in [-0.1, -0.05) is 31.4 Å². The highest BCUT2D eigenvalue weighted by Crippen LogP contribution is 2.48. The van der Waals surface area contributed by atoms with Crippen LogP contribution in [-0.2, 0) is 23.9 Å². The first kappa shape index (κ1) is 17.9. The highest BCUT2D eigenvalue weighted by Gasteiger charge is 2.55. The second-order valence-electron chi connectivity index (χ2n) is 7.53. The van der Waals surface area contributed by atoms with E-state index in [0.29, 0.717) is 12.8 Å². The van der Waals surface area contributed by atoms with Crippen LogP contribution in [0.5, 0.6) is 0 Å². The Morgan fingerprint density at radius 3 is 2.72 bits per heavy atom.